The van der Waals surface area contributed by atoms with E-state index < -0.39 is 21.8 Å². The predicted octanol–water partition coefficient (Wildman–Crippen LogP) is 4.00. The molecule has 24 heavy (non-hydrogen) atoms. The number of nitrogens with zero attached hydrogens (tertiary/aromatic N) is 1. The standard InChI is InChI=1S/C15H16F3N3O2S/c1-2-9-24(22,23)21-13-7-8-14(19-10-13)20-12-5-3-11(4-6-12)15(16,17)18/h3-8,10,21H,2,9H2,1H3,(H,19,20). The molecule has 2 N–H and O–H groups in total. The zero-order valence-electron chi connectivity index (χ0n) is 12.8. The van der Waals surface area contributed by atoms with Crippen LogP contribution in [0.25, 0.3) is 0 Å². The minimum atomic E-state index is -4.38. The van der Waals surface area contributed by atoms with Crippen LogP contribution in [-0.4, -0.2) is 19.2 Å². The lowest BCUT2D eigenvalue weighted by Gasteiger charge is -2.10. The Labute approximate surface area is 138 Å². The van der Waals surface area contributed by atoms with E-state index in [4.69, 9.17) is 0 Å². The number of hydrogen-bond donors (Lipinski definition) is 2. The van der Waals surface area contributed by atoms with E-state index in [0.29, 0.717) is 23.6 Å². The third kappa shape index (κ3) is 5.12. The predicted molar refractivity (Wildman–Crippen MR) is 86.7 cm³/mol. The molecule has 0 unspecified atom stereocenters. The van der Waals surface area contributed by atoms with Gasteiger partial charge < -0.3 is 5.32 Å². The van der Waals surface area contributed by atoms with Gasteiger partial charge in [-0.05, 0) is 42.8 Å². The van der Waals surface area contributed by atoms with Crippen molar-refractivity contribution < 1.29 is 21.6 Å². The Morgan fingerprint density at radius 1 is 1.04 bits per heavy atom. The molecule has 1 aromatic heterocycles. The molecule has 0 radical (unpaired) electrons. The first-order valence-electron chi connectivity index (χ1n) is 7.10. The number of nitrogens with one attached hydrogen (secondary N) is 2. The topological polar surface area (TPSA) is 71.1 Å². The van der Waals surface area contributed by atoms with Crippen LogP contribution in [-0.2, 0) is 16.2 Å². The molecule has 0 saturated heterocycles. The molecule has 0 aliphatic carbocycles. The normalized spacial score (nSPS) is 12.0. The Morgan fingerprint density at radius 2 is 1.67 bits per heavy atom. The van der Waals surface area contributed by atoms with Crippen molar-refractivity contribution in [3.05, 3.63) is 48.2 Å². The van der Waals surface area contributed by atoms with Crippen LogP contribution < -0.4 is 10.0 Å². The van der Waals surface area contributed by atoms with Gasteiger partial charge in [0, 0.05) is 5.69 Å². The number of hydrogen-bond acceptors (Lipinski definition) is 4. The molecule has 0 aliphatic rings. The number of sulfonamides is 1. The van der Waals surface area contributed by atoms with Crippen molar-refractivity contribution in [3.63, 3.8) is 0 Å². The highest BCUT2D eigenvalue weighted by molar-refractivity contribution is 7.92. The fourth-order valence-electron chi connectivity index (χ4n) is 1.92. The lowest BCUT2D eigenvalue weighted by molar-refractivity contribution is -0.137. The number of alkyl halides is 3. The molecule has 1 aromatic carbocycles. The zero-order valence-corrected chi connectivity index (χ0v) is 13.6. The lowest BCUT2D eigenvalue weighted by atomic mass is 10.2. The van der Waals surface area contributed by atoms with Crippen LogP contribution in [0.5, 0.6) is 0 Å². The Bertz CT molecular complexity index is 773. The fraction of sp³-hybridized carbons (Fsp3) is 0.267. The van der Waals surface area contributed by atoms with Crippen LogP contribution in [0.4, 0.5) is 30.4 Å². The molecule has 0 atom stereocenters. The van der Waals surface area contributed by atoms with Crippen molar-refractivity contribution in [3.8, 4) is 0 Å². The Kier molecular flexibility index (Phi) is 5.33. The summed E-state index contributed by atoms with van der Waals surface area (Å²) in [4.78, 5) is 4.03. The van der Waals surface area contributed by atoms with E-state index in [9.17, 15) is 21.6 Å². The molecule has 5 nitrogen and oxygen atoms in total. The van der Waals surface area contributed by atoms with Crippen LogP contribution in [0.2, 0.25) is 0 Å². The summed E-state index contributed by atoms with van der Waals surface area (Å²) >= 11 is 0. The van der Waals surface area contributed by atoms with E-state index in [1.165, 1.54) is 30.5 Å². The van der Waals surface area contributed by atoms with Crippen LogP contribution >= 0.6 is 0 Å². The summed E-state index contributed by atoms with van der Waals surface area (Å²) in [6.45, 7) is 1.76. The van der Waals surface area contributed by atoms with Crippen molar-refractivity contribution in [2.75, 3.05) is 15.8 Å². The molecule has 9 heteroatoms. The summed E-state index contributed by atoms with van der Waals surface area (Å²) in [7, 11) is -3.39. The first kappa shape index (κ1) is 18.1. The molecule has 130 valence electrons. The maximum Gasteiger partial charge on any atom is 0.416 e. The Hall–Kier alpha value is -2.29. The molecule has 0 bridgehead atoms. The molecular weight excluding hydrogens is 343 g/mol. The Morgan fingerprint density at radius 3 is 2.17 bits per heavy atom. The number of anilines is 3. The van der Waals surface area contributed by atoms with Crippen LogP contribution in [0, 0.1) is 0 Å². The van der Waals surface area contributed by atoms with E-state index in [1.54, 1.807) is 6.92 Å². The van der Waals surface area contributed by atoms with Gasteiger partial charge in [-0.2, -0.15) is 13.2 Å². The van der Waals surface area contributed by atoms with E-state index >= 15 is 0 Å². The average molecular weight is 359 g/mol. The van der Waals surface area contributed by atoms with Crippen molar-refractivity contribution in [2.45, 2.75) is 19.5 Å². The van der Waals surface area contributed by atoms with Gasteiger partial charge in [0.2, 0.25) is 10.0 Å². The first-order chi connectivity index (χ1) is 11.2. The summed E-state index contributed by atoms with van der Waals surface area (Å²) < 4.78 is 63.2. The van der Waals surface area contributed by atoms with Crippen molar-refractivity contribution in [2.24, 2.45) is 0 Å². The Balaban J connectivity index is 2.04. The molecular formula is C15H16F3N3O2S. The highest BCUT2D eigenvalue weighted by atomic mass is 32.2. The van der Waals surface area contributed by atoms with Gasteiger partial charge in [-0.1, -0.05) is 6.92 Å². The van der Waals surface area contributed by atoms with Gasteiger partial charge in [-0.3, -0.25) is 4.72 Å². The van der Waals surface area contributed by atoms with Gasteiger partial charge in [0.1, 0.15) is 5.82 Å². The number of halogens is 3. The maximum atomic E-state index is 12.5. The first-order valence-corrected chi connectivity index (χ1v) is 8.75. The van der Waals surface area contributed by atoms with Crippen LogP contribution in [0.3, 0.4) is 0 Å². The van der Waals surface area contributed by atoms with Crippen LogP contribution in [0.1, 0.15) is 18.9 Å². The van der Waals surface area contributed by atoms with Crippen LogP contribution in [0.15, 0.2) is 42.6 Å². The summed E-state index contributed by atoms with van der Waals surface area (Å²) in [5.41, 5.74) is 0.0259. The van der Waals surface area contributed by atoms with Crippen molar-refractivity contribution in [1.82, 2.24) is 4.98 Å². The summed E-state index contributed by atoms with van der Waals surface area (Å²) in [5.74, 6) is 0.395. The van der Waals surface area contributed by atoms with E-state index in [-0.39, 0.29) is 5.75 Å². The largest absolute Gasteiger partial charge is 0.416 e. The second-order valence-electron chi connectivity index (χ2n) is 5.05. The summed E-state index contributed by atoms with van der Waals surface area (Å²) in [6.07, 6.45) is -2.55. The second-order valence-corrected chi connectivity index (χ2v) is 6.90. The second kappa shape index (κ2) is 7.08. The number of benzene rings is 1. The van der Waals surface area contributed by atoms with Crippen molar-refractivity contribution >= 4 is 27.2 Å². The molecule has 0 spiro atoms. The summed E-state index contributed by atoms with van der Waals surface area (Å²) in [6, 6.07) is 7.57. The van der Waals surface area contributed by atoms with Gasteiger partial charge in [0.25, 0.3) is 0 Å². The van der Waals surface area contributed by atoms with Gasteiger partial charge in [-0.25, -0.2) is 13.4 Å². The quantitative estimate of drug-likeness (QED) is 0.818. The minimum Gasteiger partial charge on any atom is -0.340 e. The smallest absolute Gasteiger partial charge is 0.340 e. The molecule has 1 heterocycles. The van der Waals surface area contributed by atoms with E-state index in [1.807, 2.05) is 0 Å². The number of rotatable bonds is 6. The SMILES string of the molecule is CCCS(=O)(=O)Nc1ccc(Nc2ccc(C(F)(F)F)cc2)nc1. The van der Waals surface area contributed by atoms with Gasteiger partial charge in [0.15, 0.2) is 0 Å². The molecule has 0 aliphatic heterocycles. The highest BCUT2D eigenvalue weighted by Crippen LogP contribution is 2.30. The minimum absolute atomic E-state index is 0.0125. The third-order valence-corrected chi connectivity index (χ3v) is 4.49. The maximum absolute atomic E-state index is 12.5. The van der Waals surface area contributed by atoms with Gasteiger partial charge >= 0.3 is 6.18 Å². The van der Waals surface area contributed by atoms with Crippen molar-refractivity contribution in [1.29, 1.82) is 0 Å². The fourth-order valence-corrected chi connectivity index (χ4v) is 3.04. The monoisotopic (exact) mass is 359 g/mol. The molecule has 2 aromatic rings. The molecule has 0 saturated carbocycles. The molecule has 0 amide bonds. The number of pyridine rings is 1. The number of aromatic nitrogens is 1. The van der Waals surface area contributed by atoms with Gasteiger partial charge in [0.05, 0.1) is 23.2 Å². The van der Waals surface area contributed by atoms with E-state index in [0.717, 1.165) is 12.1 Å². The molecule has 0 fully saturated rings. The molecule has 2 rings (SSSR count). The zero-order chi connectivity index (χ0) is 17.8. The highest BCUT2D eigenvalue weighted by Gasteiger charge is 2.29. The third-order valence-electron chi connectivity index (χ3n) is 2.99. The lowest BCUT2D eigenvalue weighted by Crippen LogP contribution is -2.16. The average Bonchev–Trinajstić information content (AvgIpc) is 2.48. The summed E-state index contributed by atoms with van der Waals surface area (Å²) in [5, 5.41) is 2.84. The van der Waals surface area contributed by atoms with Gasteiger partial charge in [-0.15, -0.1) is 0 Å². The van der Waals surface area contributed by atoms with E-state index in [2.05, 4.69) is 15.0 Å².